The molecule has 1 saturated heterocycles. The van der Waals surface area contributed by atoms with Crippen LogP contribution in [0.1, 0.15) is 59.8 Å². The fourth-order valence-corrected chi connectivity index (χ4v) is 4.80. The molecule has 1 saturated carbocycles. The first kappa shape index (κ1) is 16.2. The third-order valence-electron chi connectivity index (χ3n) is 4.53. The molecule has 0 spiro atoms. The Balaban J connectivity index is 2.00. The second-order valence-corrected chi connectivity index (χ2v) is 8.14. The van der Waals surface area contributed by atoms with E-state index in [1.165, 1.54) is 25.0 Å². The summed E-state index contributed by atoms with van der Waals surface area (Å²) < 4.78 is 0. The number of nitrogens with zero attached hydrogens (tertiary/aromatic N) is 1. The number of carbonyl (C=O) groups excluding carboxylic acids is 1. The number of hydrogen-bond donors (Lipinski definition) is 1. The van der Waals surface area contributed by atoms with Crippen molar-refractivity contribution in [3.8, 4) is 0 Å². The minimum atomic E-state index is 0.0535. The third kappa shape index (κ3) is 3.51. The molecule has 0 radical (unpaired) electrons. The van der Waals surface area contributed by atoms with E-state index in [4.69, 9.17) is 0 Å². The molecule has 116 valence electrons. The highest BCUT2D eigenvalue weighted by Gasteiger charge is 2.43. The van der Waals surface area contributed by atoms with Gasteiger partial charge in [-0.3, -0.25) is 10.1 Å². The predicted molar refractivity (Wildman–Crippen MR) is 86.9 cm³/mol. The van der Waals surface area contributed by atoms with Crippen molar-refractivity contribution in [2.24, 2.45) is 5.92 Å². The van der Waals surface area contributed by atoms with E-state index in [-0.39, 0.29) is 12.2 Å². The second kappa shape index (κ2) is 7.17. The maximum Gasteiger partial charge on any atom is 0.241 e. The standard InChI is InChI=1S/C16H30N2OS/c1-5-15-17-14(9-11(3)4)16(19)18(15)12-7-8-13(10-12)20-6-2/h11-15,17H,5-10H2,1-4H3. The molecule has 2 aliphatic rings. The van der Waals surface area contributed by atoms with Gasteiger partial charge in [0.1, 0.15) is 0 Å². The van der Waals surface area contributed by atoms with Crippen LogP contribution in [0.15, 0.2) is 0 Å². The van der Waals surface area contributed by atoms with Gasteiger partial charge in [0.25, 0.3) is 0 Å². The summed E-state index contributed by atoms with van der Waals surface area (Å²) in [5.74, 6) is 2.12. The highest BCUT2D eigenvalue weighted by Crippen LogP contribution is 2.35. The largest absolute Gasteiger partial charge is 0.323 e. The van der Waals surface area contributed by atoms with Gasteiger partial charge < -0.3 is 4.90 Å². The van der Waals surface area contributed by atoms with E-state index in [0.29, 0.717) is 17.9 Å². The van der Waals surface area contributed by atoms with Gasteiger partial charge in [0.15, 0.2) is 0 Å². The Morgan fingerprint density at radius 3 is 2.70 bits per heavy atom. The summed E-state index contributed by atoms with van der Waals surface area (Å²) in [5.41, 5.74) is 0. The van der Waals surface area contributed by atoms with Gasteiger partial charge in [-0.25, -0.2) is 0 Å². The minimum absolute atomic E-state index is 0.0535. The van der Waals surface area contributed by atoms with Crippen LogP contribution < -0.4 is 5.32 Å². The van der Waals surface area contributed by atoms with E-state index in [1.807, 2.05) is 0 Å². The molecule has 20 heavy (non-hydrogen) atoms. The topological polar surface area (TPSA) is 32.3 Å². The van der Waals surface area contributed by atoms with E-state index in [1.54, 1.807) is 0 Å². The Morgan fingerprint density at radius 1 is 1.35 bits per heavy atom. The van der Waals surface area contributed by atoms with Crippen molar-refractivity contribution in [1.29, 1.82) is 0 Å². The van der Waals surface area contributed by atoms with E-state index >= 15 is 0 Å². The normalized spacial score (nSPS) is 34.5. The Labute approximate surface area is 128 Å². The smallest absolute Gasteiger partial charge is 0.241 e. The van der Waals surface area contributed by atoms with Crippen LogP contribution in [-0.2, 0) is 4.79 Å². The first-order valence-electron chi connectivity index (χ1n) is 8.26. The molecule has 1 heterocycles. The lowest BCUT2D eigenvalue weighted by molar-refractivity contribution is -0.132. The SMILES string of the molecule is CCSC1CCC(N2C(=O)C(CC(C)C)NC2CC)C1. The lowest BCUT2D eigenvalue weighted by Gasteiger charge is -2.29. The molecule has 4 heteroatoms. The first-order chi connectivity index (χ1) is 9.56. The second-order valence-electron chi connectivity index (χ2n) is 6.56. The van der Waals surface area contributed by atoms with Gasteiger partial charge in [0.2, 0.25) is 5.91 Å². The van der Waals surface area contributed by atoms with Crippen molar-refractivity contribution in [2.75, 3.05) is 5.75 Å². The molecular weight excluding hydrogens is 268 g/mol. The summed E-state index contributed by atoms with van der Waals surface area (Å²) in [6, 6.07) is 0.527. The minimum Gasteiger partial charge on any atom is -0.323 e. The zero-order valence-corrected chi connectivity index (χ0v) is 14.2. The van der Waals surface area contributed by atoms with Gasteiger partial charge in [-0.1, -0.05) is 27.7 Å². The molecule has 4 atom stereocenters. The van der Waals surface area contributed by atoms with Crippen LogP contribution in [0, 0.1) is 5.92 Å². The zero-order chi connectivity index (χ0) is 14.7. The Hall–Kier alpha value is -0.220. The summed E-state index contributed by atoms with van der Waals surface area (Å²) >= 11 is 2.06. The number of nitrogens with one attached hydrogen (secondary N) is 1. The number of carbonyl (C=O) groups is 1. The fourth-order valence-electron chi connectivity index (χ4n) is 3.66. The molecule has 0 bridgehead atoms. The van der Waals surface area contributed by atoms with Crippen LogP contribution in [0.5, 0.6) is 0 Å². The monoisotopic (exact) mass is 298 g/mol. The molecule has 2 fully saturated rings. The lowest BCUT2D eigenvalue weighted by Crippen LogP contribution is -2.43. The summed E-state index contributed by atoms with van der Waals surface area (Å²) in [6.45, 7) is 8.81. The van der Waals surface area contributed by atoms with Crippen molar-refractivity contribution in [1.82, 2.24) is 10.2 Å². The summed E-state index contributed by atoms with van der Waals surface area (Å²) in [4.78, 5) is 14.9. The zero-order valence-electron chi connectivity index (χ0n) is 13.4. The van der Waals surface area contributed by atoms with Gasteiger partial charge in [-0.15, -0.1) is 0 Å². The molecule has 1 aliphatic carbocycles. The molecular formula is C16H30N2OS. The first-order valence-corrected chi connectivity index (χ1v) is 9.31. The summed E-state index contributed by atoms with van der Waals surface area (Å²) in [5, 5.41) is 4.33. The highest BCUT2D eigenvalue weighted by molar-refractivity contribution is 7.99. The predicted octanol–water partition coefficient (Wildman–Crippen LogP) is 3.24. The lowest BCUT2D eigenvalue weighted by atomic mass is 10.0. The Kier molecular flexibility index (Phi) is 5.79. The maximum absolute atomic E-state index is 12.7. The molecule has 0 aromatic heterocycles. The number of amides is 1. The van der Waals surface area contributed by atoms with Crippen LogP contribution in [-0.4, -0.2) is 40.1 Å². The Bertz CT molecular complexity index is 334. The van der Waals surface area contributed by atoms with E-state index < -0.39 is 0 Å². The number of rotatable bonds is 6. The van der Waals surface area contributed by atoms with Gasteiger partial charge >= 0.3 is 0 Å². The van der Waals surface area contributed by atoms with Gasteiger partial charge in [0.05, 0.1) is 12.2 Å². The van der Waals surface area contributed by atoms with Gasteiger partial charge in [-0.2, -0.15) is 11.8 Å². The van der Waals surface area contributed by atoms with Crippen molar-refractivity contribution in [2.45, 2.75) is 83.3 Å². The molecule has 1 N–H and O–H groups in total. The van der Waals surface area contributed by atoms with Crippen LogP contribution in [0.2, 0.25) is 0 Å². The van der Waals surface area contributed by atoms with Crippen molar-refractivity contribution in [3.05, 3.63) is 0 Å². The molecule has 1 aliphatic heterocycles. The van der Waals surface area contributed by atoms with Crippen LogP contribution in [0.25, 0.3) is 0 Å². The van der Waals surface area contributed by atoms with Gasteiger partial charge in [-0.05, 0) is 43.8 Å². The van der Waals surface area contributed by atoms with Crippen LogP contribution >= 0.6 is 11.8 Å². The molecule has 3 nitrogen and oxygen atoms in total. The van der Waals surface area contributed by atoms with Crippen molar-refractivity contribution >= 4 is 17.7 Å². The quantitative estimate of drug-likeness (QED) is 0.817. The fraction of sp³-hybridized carbons (Fsp3) is 0.938. The molecule has 2 rings (SSSR count). The van der Waals surface area contributed by atoms with Gasteiger partial charge in [0, 0.05) is 11.3 Å². The van der Waals surface area contributed by atoms with E-state index in [2.05, 4.69) is 49.7 Å². The average molecular weight is 298 g/mol. The molecule has 4 unspecified atom stereocenters. The van der Waals surface area contributed by atoms with Crippen LogP contribution in [0.3, 0.4) is 0 Å². The van der Waals surface area contributed by atoms with Crippen molar-refractivity contribution in [3.63, 3.8) is 0 Å². The molecule has 0 aromatic rings. The number of hydrogen-bond acceptors (Lipinski definition) is 3. The third-order valence-corrected chi connectivity index (χ3v) is 5.76. The Morgan fingerprint density at radius 2 is 2.10 bits per heavy atom. The summed E-state index contributed by atoms with van der Waals surface area (Å²) in [7, 11) is 0. The molecule has 0 aromatic carbocycles. The average Bonchev–Trinajstić information content (AvgIpc) is 2.95. The highest BCUT2D eigenvalue weighted by atomic mass is 32.2. The van der Waals surface area contributed by atoms with E-state index in [0.717, 1.165) is 18.1 Å². The number of thioether (sulfide) groups is 1. The van der Waals surface area contributed by atoms with E-state index in [9.17, 15) is 4.79 Å². The summed E-state index contributed by atoms with van der Waals surface area (Å²) in [6.07, 6.45) is 5.90. The van der Waals surface area contributed by atoms with Crippen molar-refractivity contribution < 1.29 is 4.79 Å². The maximum atomic E-state index is 12.7. The molecule has 1 amide bonds. The van der Waals surface area contributed by atoms with Crippen LogP contribution in [0.4, 0.5) is 0 Å².